The Labute approximate surface area is 161 Å². The van der Waals surface area contributed by atoms with Gasteiger partial charge in [0.25, 0.3) is 0 Å². The highest BCUT2D eigenvalue weighted by molar-refractivity contribution is 7.16. The summed E-state index contributed by atoms with van der Waals surface area (Å²) in [5.41, 5.74) is 6.61. The van der Waals surface area contributed by atoms with Crippen molar-refractivity contribution in [2.75, 3.05) is 36.8 Å². The largest absolute Gasteiger partial charge is 0.388 e. The first-order valence-electron chi connectivity index (χ1n) is 8.88. The molecule has 3 heterocycles. The number of benzene rings is 1. The molecule has 0 radical (unpaired) electrons. The fourth-order valence-corrected chi connectivity index (χ4v) is 4.12. The van der Waals surface area contributed by atoms with Gasteiger partial charge < -0.3 is 20.6 Å². The van der Waals surface area contributed by atoms with E-state index >= 15 is 0 Å². The van der Waals surface area contributed by atoms with Crippen molar-refractivity contribution in [3.05, 3.63) is 47.3 Å². The normalized spacial score (nSPS) is 15.9. The Kier molecular flexibility index (Phi) is 4.91. The number of fused-ring (bicyclic) bond motifs is 1. The molecule has 7 nitrogen and oxygen atoms in total. The number of anilines is 2. The lowest BCUT2D eigenvalue weighted by Gasteiger charge is -2.36. The van der Waals surface area contributed by atoms with Crippen LogP contribution in [-0.4, -0.2) is 52.1 Å². The maximum absolute atomic E-state index is 12.6. The molecule has 0 aliphatic carbocycles. The molecule has 1 saturated heterocycles. The van der Waals surface area contributed by atoms with Crippen LogP contribution < -0.4 is 10.6 Å². The van der Waals surface area contributed by atoms with Crippen LogP contribution in [0, 0.1) is 0 Å². The molecule has 1 unspecified atom stereocenters. The molecule has 1 aliphatic rings. The average Bonchev–Trinajstić information content (AvgIpc) is 3.16. The fourth-order valence-electron chi connectivity index (χ4n) is 3.35. The SMILES string of the molecule is Nc1nc(N2CCN(C(=O)CC(O)c3ccccc3)CC2)c2ccsc2n1. The van der Waals surface area contributed by atoms with Crippen molar-refractivity contribution in [2.24, 2.45) is 0 Å². The number of rotatable bonds is 4. The molecule has 3 aromatic rings. The van der Waals surface area contributed by atoms with Crippen molar-refractivity contribution in [1.29, 1.82) is 0 Å². The summed E-state index contributed by atoms with van der Waals surface area (Å²) in [5.74, 6) is 1.06. The molecule has 1 fully saturated rings. The molecule has 1 aromatic carbocycles. The zero-order valence-electron chi connectivity index (χ0n) is 14.8. The number of aliphatic hydroxyl groups excluding tert-OH is 1. The van der Waals surface area contributed by atoms with Crippen LogP contribution in [0.5, 0.6) is 0 Å². The first-order chi connectivity index (χ1) is 13.1. The second-order valence-corrected chi connectivity index (χ2v) is 7.44. The number of carbonyl (C=O) groups is 1. The smallest absolute Gasteiger partial charge is 0.225 e. The number of hydrogen-bond donors (Lipinski definition) is 2. The van der Waals surface area contributed by atoms with Crippen LogP contribution in [0.1, 0.15) is 18.1 Å². The van der Waals surface area contributed by atoms with Gasteiger partial charge in [0.15, 0.2) is 0 Å². The van der Waals surface area contributed by atoms with Crippen molar-refractivity contribution in [1.82, 2.24) is 14.9 Å². The molecular formula is C19H21N5O2S. The second-order valence-electron chi connectivity index (χ2n) is 6.54. The van der Waals surface area contributed by atoms with E-state index in [0.717, 1.165) is 21.6 Å². The van der Waals surface area contributed by atoms with Crippen LogP contribution in [0.25, 0.3) is 10.2 Å². The van der Waals surface area contributed by atoms with Crippen molar-refractivity contribution in [2.45, 2.75) is 12.5 Å². The molecule has 0 saturated carbocycles. The van der Waals surface area contributed by atoms with Gasteiger partial charge in [-0.1, -0.05) is 30.3 Å². The van der Waals surface area contributed by atoms with Crippen LogP contribution in [0.2, 0.25) is 0 Å². The minimum atomic E-state index is -0.774. The standard InChI is InChI=1S/C19H21N5O2S/c20-19-21-17(14-6-11-27-18(14)22-19)24-9-7-23(8-10-24)16(26)12-15(25)13-4-2-1-3-5-13/h1-6,11,15,25H,7-10,12H2,(H2,20,21,22). The van der Waals surface area contributed by atoms with E-state index < -0.39 is 6.10 Å². The van der Waals surface area contributed by atoms with Gasteiger partial charge >= 0.3 is 0 Å². The number of nitrogen functional groups attached to an aromatic ring is 1. The quantitative estimate of drug-likeness (QED) is 0.716. The van der Waals surface area contributed by atoms with Gasteiger partial charge in [-0.3, -0.25) is 4.79 Å². The first kappa shape index (κ1) is 17.7. The lowest BCUT2D eigenvalue weighted by Crippen LogP contribution is -2.49. The molecule has 1 aliphatic heterocycles. The van der Waals surface area contributed by atoms with Crippen LogP contribution >= 0.6 is 11.3 Å². The Morgan fingerprint density at radius 3 is 2.63 bits per heavy atom. The van der Waals surface area contributed by atoms with Gasteiger partial charge in [0, 0.05) is 26.2 Å². The monoisotopic (exact) mass is 383 g/mol. The van der Waals surface area contributed by atoms with Gasteiger partial charge in [-0.05, 0) is 17.0 Å². The number of thiophene rings is 1. The summed E-state index contributed by atoms with van der Waals surface area (Å²) < 4.78 is 0. The molecule has 3 N–H and O–H groups in total. The van der Waals surface area contributed by atoms with Gasteiger partial charge in [-0.2, -0.15) is 4.98 Å². The molecule has 0 spiro atoms. The van der Waals surface area contributed by atoms with E-state index in [4.69, 9.17) is 5.73 Å². The maximum Gasteiger partial charge on any atom is 0.225 e. The zero-order valence-corrected chi connectivity index (χ0v) is 15.6. The predicted octanol–water partition coefficient (Wildman–Crippen LogP) is 2.05. The Balaban J connectivity index is 1.40. The summed E-state index contributed by atoms with van der Waals surface area (Å²) in [7, 11) is 0. The van der Waals surface area contributed by atoms with Crippen LogP contribution in [0.15, 0.2) is 41.8 Å². The minimum Gasteiger partial charge on any atom is -0.388 e. The van der Waals surface area contributed by atoms with E-state index in [1.54, 1.807) is 4.90 Å². The molecular weight excluding hydrogens is 362 g/mol. The summed E-state index contributed by atoms with van der Waals surface area (Å²) in [6, 6.07) is 11.3. The third kappa shape index (κ3) is 3.72. The molecule has 1 atom stereocenters. The molecule has 2 aromatic heterocycles. The third-order valence-corrected chi connectivity index (χ3v) is 5.61. The minimum absolute atomic E-state index is 0.0334. The Hall–Kier alpha value is -2.71. The van der Waals surface area contributed by atoms with Crippen molar-refractivity contribution >= 4 is 39.2 Å². The summed E-state index contributed by atoms with van der Waals surface area (Å²) in [4.78, 5) is 26.1. The molecule has 4 rings (SSSR count). The number of piperazine rings is 1. The Morgan fingerprint density at radius 1 is 1.15 bits per heavy atom. The van der Waals surface area contributed by atoms with Gasteiger partial charge in [0.05, 0.1) is 17.9 Å². The summed E-state index contributed by atoms with van der Waals surface area (Å²) >= 11 is 1.54. The van der Waals surface area contributed by atoms with Crippen LogP contribution in [0.4, 0.5) is 11.8 Å². The maximum atomic E-state index is 12.6. The number of nitrogens with two attached hydrogens (primary N) is 1. The highest BCUT2D eigenvalue weighted by Crippen LogP contribution is 2.29. The number of carbonyl (C=O) groups excluding carboxylic acids is 1. The van der Waals surface area contributed by atoms with E-state index in [9.17, 15) is 9.90 Å². The van der Waals surface area contributed by atoms with Crippen molar-refractivity contribution < 1.29 is 9.90 Å². The highest BCUT2D eigenvalue weighted by atomic mass is 32.1. The van der Waals surface area contributed by atoms with E-state index in [1.807, 2.05) is 41.8 Å². The van der Waals surface area contributed by atoms with Gasteiger partial charge in [0.2, 0.25) is 11.9 Å². The summed E-state index contributed by atoms with van der Waals surface area (Å²) in [5, 5.41) is 13.3. The number of hydrogen-bond acceptors (Lipinski definition) is 7. The van der Waals surface area contributed by atoms with Crippen molar-refractivity contribution in [3.63, 3.8) is 0 Å². The lowest BCUT2D eigenvalue weighted by atomic mass is 10.1. The predicted molar refractivity (Wildman–Crippen MR) is 107 cm³/mol. The summed E-state index contributed by atoms with van der Waals surface area (Å²) in [6.07, 6.45) is -0.678. The van der Waals surface area contributed by atoms with Crippen LogP contribution in [0.3, 0.4) is 0 Å². The Bertz CT molecular complexity index is 938. The van der Waals surface area contributed by atoms with Gasteiger partial charge in [-0.25, -0.2) is 4.98 Å². The zero-order chi connectivity index (χ0) is 18.8. The lowest BCUT2D eigenvalue weighted by molar-refractivity contribution is -0.133. The molecule has 0 bridgehead atoms. The van der Waals surface area contributed by atoms with E-state index in [-0.39, 0.29) is 18.3 Å². The van der Waals surface area contributed by atoms with Crippen LogP contribution in [-0.2, 0) is 4.79 Å². The molecule has 1 amide bonds. The topological polar surface area (TPSA) is 95.6 Å². The second kappa shape index (κ2) is 7.50. The molecule has 27 heavy (non-hydrogen) atoms. The summed E-state index contributed by atoms with van der Waals surface area (Å²) in [6.45, 7) is 2.54. The number of nitrogens with zero attached hydrogens (tertiary/aromatic N) is 4. The first-order valence-corrected chi connectivity index (χ1v) is 9.76. The van der Waals surface area contributed by atoms with E-state index in [1.165, 1.54) is 11.3 Å². The molecule has 140 valence electrons. The molecule has 8 heteroatoms. The number of aliphatic hydroxyl groups is 1. The fraction of sp³-hybridized carbons (Fsp3) is 0.316. The average molecular weight is 383 g/mol. The van der Waals surface area contributed by atoms with Gasteiger partial charge in [-0.15, -0.1) is 11.3 Å². The Morgan fingerprint density at radius 2 is 1.89 bits per heavy atom. The van der Waals surface area contributed by atoms with Crippen molar-refractivity contribution in [3.8, 4) is 0 Å². The third-order valence-electron chi connectivity index (χ3n) is 4.81. The van der Waals surface area contributed by atoms with Gasteiger partial charge in [0.1, 0.15) is 10.6 Å². The van der Waals surface area contributed by atoms with E-state index in [0.29, 0.717) is 26.2 Å². The van der Waals surface area contributed by atoms with E-state index in [2.05, 4.69) is 14.9 Å². The number of aromatic nitrogens is 2. The number of amides is 1. The highest BCUT2D eigenvalue weighted by Gasteiger charge is 2.25.